The summed E-state index contributed by atoms with van der Waals surface area (Å²) in [4.78, 5) is 1.69. The van der Waals surface area contributed by atoms with E-state index in [1.54, 1.807) is 19.0 Å². The molecule has 0 radical (unpaired) electrons. The van der Waals surface area contributed by atoms with Crippen LogP contribution < -0.4 is 0 Å². The number of rotatable bonds is 2. The van der Waals surface area contributed by atoms with Crippen molar-refractivity contribution in [3.05, 3.63) is 0 Å². The van der Waals surface area contributed by atoms with E-state index in [4.69, 9.17) is 10.00 Å². The van der Waals surface area contributed by atoms with Crippen LogP contribution in [-0.4, -0.2) is 32.3 Å². The molecular weight excluding hydrogens is 104 g/mol. The van der Waals surface area contributed by atoms with Gasteiger partial charge < -0.3 is 4.74 Å². The number of methoxy groups -OCH3 is 1. The highest BCUT2D eigenvalue weighted by Crippen LogP contribution is 1.88. The van der Waals surface area contributed by atoms with E-state index >= 15 is 0 Å². The maximum absolute atomic E-state index is 8.28. The number of hydrogen-bond donors (Lipinski definition) is 0. The molecule has 1 unspecified atom stereocenters. The van der Waals surface area contributed by atoms with E-state index in [9.17, 15) is 0 Å². The highest BCUT2D eigenvalue weighted by atomic mass is 16.5. The van der Waals surface area contributed by atoms with Crippen LogP contribution in [0.15, 0.2) is 0 Å². The fourth-order valence-corrected chi connectivity index (χ4v) is 0.379. The van der Waals surface area contributed by atoms with Crippen molar-refractivity contribution in [3.63, 3.8) is 0 Å². The molecule has 0 aromatic rings. The lowest BCUT2D eigenvalue weighted by Crippen LogP contribution is -2.27. The summed E-state index contributed by atoms with van der Waals surface area (Å²) in [5.41, 5.74) is 0. The smallest absolute Gasteiger partial charge is 0.198 e. The first-order valence-electron chi connectivity index (χ1n) is 2.31. The van der Waals surface area contributed by atoms with Crippen molar-refractivity contribution >= 4 is 0 Å². The van der Waals surface area contributed by atoms with Gasteiger partial charge in [0.25, 0.3) is 0 Å². The average molecular weight is 114 g/mol. The van der Waals surface area contributed by atoms with Crippen molar-refractivity contribution in [1.29, 1.82) is 5.26 Å². The van der Waals surface area contributed by atoms with Gasteiger partial charge in [-0.3, -0.25) is 4.90 Å². The summed E-state index contributed by atoms with van der Waals surface area (Å²) in [6, 6.07) is 1.95. The molecule has 0 saturated heterocycles. The van der Waals surface area contributed by atoms with Crippen LogP contribution in [0, 0.1) is 11.3 Å². The lowest BCUT2D eigenvalue weighted by atomic mass is 10.6. The first-order chi connectivity index (χ1) is 3.72. The predicted molar refractivity (Wildman–Crippen MR) is 30.1 cm³/mol. The molecule has 0 aliphatic carbocycles. The van der Waals surface area contributed by atoms with Gasteiger partial charge in [-0.15, -0.1) is 0 Å². The van der Waals surface area contributed by atoms with Gasteiger partial charge in [-0.1, -0.05) is 0 Å². The zero-order valence-electron chi connectivity index (χ0n) is 5.38. The van der Waals surface area contributed by atoms with Gasteiger partial charge in [0, 0.05) is 7.11 Å². The Morgan fingerprint density at radius 2 is 2.12 bits per heavy atom. The van der Waals surface area contributed by atoms with Crippen molar-refractivity contribution in [2.45, 2.75) is 6.23 Å². The molecule has 1 atom stereocenters. The largest absolute Gasteiger partial charge is 0.353 e. The number of hydrogen-bond acceptors (Lipinski definition) is 3. The fourth-order valence-electron chi connectivity index (χ4n) is 0.379. The van der Waals surface area contributed by atoms with Gasteiger partial charge in [0.15, 0.2) is 6.23 Å². The zero-order chi connectivity index (χ0) is 6.57. The standard InChI is InChI=1S/C5H10N2O/c1-7(2)5(4-6)8-3/h5H,1-3H3. The number of nitriles is 1. The molecule has 0 amide bonds. The minimum Gasteiger partial charge on any atom is -0.353 e. The summed E-state index contributed by atoms with van der Waals surface area (Å²) >= 11 is 0. The van der Waals surface area contributed by atoms with Gasteiger partial charge in [0.2, 0.25) is 0 Å². The second-order valence-electron chi connectivity index (χ2n) is 1.68. The monoisotopic (exact) mass is 114 g/mol. The Morgan fingerprint density at radius 3 is 2.12 bits per heavy atom. The molecule has 0 N–H and O–H groups in total. The Hall–Kier alpha value is -0.590. The molecule has 0 fully saturated rings. The molecule has 46 valence electrons. The molecule has 0 aromatic carbocycles. The quantitative estimate of drug-likeness (QED) is 0.476. The molecule has 0 saturated carbocycles. The minimum atomic E-state index is -0.407. The second kappa shape index (κ2) is 3.42. The van der Waals surface area contributed by atoms with E-state index in [2.05, 4.69) is 0 Å². The third kappa shape index (κ3) is 1.92. The highest BCUT2D eigenvalue weighted by molar-refractivity contribution is 4.80. The average Bonchev–Trinajstić information content (AvgIpc) is 1.69. The Balaban J connectivity index is 3.57. The third-order valence-electron chi connectivity index (χ3n) is 0.803. The summed E-state index contributed by atoms with van der Waals surface area (Å²) in [5, 5.41) is 8.28. The van der Waals surface area contributed by atoms with E-state index in [1.807, 2.05) is 6.07 Å². The fraction of sp³-hybridized carbons (Fsp3) is 0.800. The molecular formula is C5H10N2O. The SMILES string of the molecule is COC(C#N)N(C)C. The van der Waals surface area contributed by atoms with Gasteiger partial charge in [-0.25, -0.2) is 0 Å². The van der Waals surface area contributed by atoms with Gasteiger partial charge >= 0.3 is 0 Å². The zero-order valence-corrected chi connectivity index (χ0v) is 5.38. The Bertz CT molecular complexity index is 95.1. The molecule has 0 bridgehead atoms. The summed E-state index contributed by atoms with van der Waals surface area (Å²) < 4.78 is 4.73. The number of ether oxygens (including phenoxy) is 1. The van der Waals surface area contributed by atoms with Crippen LogP contribution in [0.3, 0.4) is 0 Å². The summed E-state index contributed by atoms with van der Waals surface area (Å²) in [7, 11) is 5.09. The van der Waals surface area contributed by atoms with E-state index in [0.29, 0.717) is 0 Å². The van der Waals surface area contributed by atoms with Crippen molar-refractivity contribution in [3.8, 4) is 6.07 Å². The number of nitrogens with zero attached hydrogens (tertiary/aromatic N) is 2. The van der Waals surface area contributed by atoms with Crippen molar-refractivity contribution in [1.82, 2.24) is 4.90 Å². The molecule has 3 nitrogen and oxygen atoms in total. The maximum atomic E-state index is 8.28. The summed E-state index contributed by atoms with van der Waals surface area (Å²) in [5.74, 6) is 0. The normalized spacial score (nSPS) is 13.4. The van der Waals surface area contributed by atoms with Crippen LogP contribution in [-0.2, 0) is 4.74 Å². The minimum absolute atomic E-state index is 0.407. The van der Waals surface area contributed by atoms with Crippen molar-refractivity contribution in [2.75, 3.05) is 21.2 Å². The predicted octanol–water partition coefficient (Wildman–Crippen LogP) is 0.0441. The van der Waals surface area contributed by atoms with E-state index in [0.717, 1.165) is 0 Å². The van der Waals surface area contributed by atoms with E-state index in [-0.39, 0.29) is 0 Å². The lowest BCUT2D eigenvalue weighted by Gasteiger charge is -2.13. The third-order valence-corrected chi connectivity index (χ3v) is 0.803. The summed E-state index contributed by atoms with van der Waals surface area (Å²) in [6.45, 7) is 0. The molecule has 0 rings (SSSR count). The lowest BCUT2D eigenvalue weighted by molar-refractivity contribution is 0.0401. The molecule has 0 heterocycles. The van der Waals surface area contributed by atoms with Gasteiger partial charge in [0.05, 0.1) is 0 Å². The van der Waals surface area contributed by atoms with E-state index < -0.39 is 6.23 Å². The van der Waals surface area contributed by atoms with Gasteiger partial charge in [-0.2, -0.15) is 5.26 Å². The van der Waals surface area contributed by atoms with Crippen LogP contribution in [0.2, 0.25) is 0 Å². The van der Waals surface area contributed by atoms with Gasteiger partial charge in [-0.05, 0) is 14.1 Å². The van der Waals surface area contributed by atoms with Crippen LogP contribution in [0.1, 0.15) is 0 Å². The van der Waals surface area contributed by atoms with E-state index in [1.165, 1.54) is 7.11 Å². The molecule has 0 aliphatic rings. The molecule has 0 aromatic heterocycles. The Kier molecular flexibility index (Phi) is 3.16. The molecule has 8 heavy (non-hydrogen) atoms. The second-order valence-corrected chi connectivity index (χ2v) is 1.68. The topological polar surface area (TPSA) is 36.3 Å². The molecule has 0 aliphatic heterocycles. The first-order valence-corrected chi connectivity index (χ1v) is 2.31. The van der Waals surface area contributed by atoms with Crippen LogP contribution in [0.4, 0.5) is 0 Å². The summed E-state index contributed by atoms with van der Waals surface area (Å²) in [6.07, 6.45) is -0.407. The first kappa shape index (κ1) is 7.41. The highest BCUT2D eigenvalue weighted by Gasteiger charge is 2.04. The van der Waals surface area contributed by atoms with Crippen LogP contribution >= 0.6 is 0 Å². The Labute approximate surface area is 49.5 Å². The molecule has 0 spiro atoms. The van der Waals surface area contributed by atoms with Crippen molar-refractivity contribution < 1.29 is 4.74 Å². The van der Waals surface area contributed by atoms with Crippen molar-refractivity contribution in [2.24, 2.45) is 0 Å². The van der Waals surface area contributed by atoms with Crippen LogP contribution in [0.25, 0.3) is 0 Å². The molecule has 3 heteroatoms. The maximum Gasteiger partial charge on any atom is 0.198 e. The Morgan fingerprint density at radius 1 is 1.62 bits per heavy atom. The van der Waals surface area contributed by atoms with Gasteiger partial charge in [0.1, 0.15) is 6.07 Å². The van der Waals surface area contributed by atoms with Crippen LogP contribution in [0.5, 0.6) is 0 Å².